The summed E-state index contributed by atoms with van der Waals surface area (Å²) < 4.78 is 0. The fourth-order valence-corrected chi connectivity index (χ4v) is 5.66. The van der Waals surface area contributed by atoms with Gasteiger partial charge in [-0.15, -0.1) is 0 Å². The minimum atomic E-state index is 0.299. The molecule has 170 valence electrons. The molecule has 4 nitrogen and oxygen atoms in total. The predicted octanol–water partition coefficient (Wildman–Crippen LogP) is 4.82. The second kappa shape index (κ2) is 9.77. The van der Waals surface area contributed by atoms with Crippen LogP contribution in [0.3, 0.4) is 0 Å². The first-order valence-corrected chi connectivity index (χ1v) is 12.4. The molecule has 31 heavy (non-hydrogen) atoms. The van der Waals surface area contributed by atoms with Crippen molar-refractivity contribution < 1.29 is 4.79 Å². The molecule has 2 atom stereocenters. The fourth-order valence-electron chi connectivity index (χ4n) is 5.66. The van der Waals surface area contributed by atoms with E-state index in [1.807, 2.05) is 0 Å². The van der Waals surface area contributed by atoms with Crippen molar-refractivity contribution in [3.63, 3.8) is 0 Å². The molecule has 1 aromatic carbocycles. The summed E-state index contributed by atoms with van der Waals surface area (Å²) in [6.07, 6.45) is 8.41. The van der Waals surface area contributed by atoms with Crippen LogP contribution in [0.25, 0.3) is 0 Å². The van der Waals surface area contributed by atoms with E-state index in [1.54, 1.807) is 0 Å². The van der Waals surface area contributed by atoms with Crippen LogP contribution in [0.1, 0.15) is 52.9 Å². The van der Waals surface area contributed by atoms with E-state index in [4.69, 9.17) is 0 Å². The van der Waals surface area contributed by atoms with Crippen molar-refractivity contribution >= 4 is 11.6 Å². The summed E-state index contributed by atoms with van der Waals surface area (Å²) >= 11 is 0. The smallest absolute Gasteiger partial charge is 0.226 e. The van der Waals surface area contributed by atoms with Crippen LogP contribution in [0, 0.1) is 17.3 Å². The minimum Gasteiger partial charge on any atom is -0.368 e. The van der Waals surface area contributed by atoms with Crippen molar-refractivity contribution in [1.29, 1.82) is 0 Å². The molecule has 1 aromatic rings. The van der Waals surface area contributed by atoms with Gasteiger partial charge in [0.05, 0.1) is 0 Å². The Kier molecular flexibility index (Phi) is 7.05. The number of hydrogen-bond acceptors (Lipinski definition) is 3. The van der Waals surface area contributed by atoms with Crippen LogP contribution in [0.2, 0.25) is 0 Å². The third-order valence-electron chi connectivity index (χ3n) is 7.83. The molecule has 0 aromatic heterocycles. The third-order valence-corrected chi connectivity index (χ3v) is 7.83. The van der Waals surface area contributed by atoms with Gasteiger partial charge in [-0.2, -0.15) is 0 Å². The summed E-state index contributed by atoms with van der Waals surface area (Å²) in [4.78, 5) is 20.4. The number of amides is 1. The highest BCUT2D eigenvalue weighted by Gasteiger charge is 2.59. The van der Waals surface area contributed by atoms with Gasteiger partial charge in [0.1, 0.15) is 0 Å². The Balaban J connectivity index is 1.19. The van der Waals surface area contributed by atoms with E-state index in [9.17, 15) is 4.79 Å². The first-order chi connectivity index (χ1) is 15.0. The van der Waals surface area contributed by atoms with Crippen LogP contribution in [0.5, 0.6) is 0 Å². The van der Waals surface area contributed by atoms with Crippen molar-refractivity contribution in [1.82, 2.24) is 9.80 Å². The second-order valence-electron chi connectivity index (χ2n) is 10.5. The molecule has 2 saturated heterocycles. The van der Waals surface area contributed by atoms with E-state index in [0.717, 1.165) is 38.5 Å². The number of benzene rings is 1. The monoisotopic (exact) mass is 423 g/mol. The molecule has 1 aliphatic carbocycles. The lowest BCUT2D eigenvalue weighted by molar-refractivity contribution is -0.134. The molecule has 3 aliphatic rings. The highest BCUT2D eigenvalue weighted by atomic mass is 16.2. The summed E-state index contributed by atoms with van der Waals surface area (Å²) in [5.41, 5.74) is 3.04. The average molecular weight is 424 g/mol. The molecule has 4 rings (SSSR count). The van der Waals surface area contributed by atoms with Gasteiger partial charge < -0.3 is 14.7 Å². The van der Waals surface area contributed by atoms with Gasteiger partial charge in [0.25, 0.3) is 0 Å². The van der Waals surface area contributed by atoms with Crippen LogP contribution in [0.15, 0.2) is 42.0 Å². The second-order valence-corrected chi connectivity index (χ2v) is 10.5. The lowest BCUT2D eigenvalue weighted by atomic mass is 9.89. The molecule has 1 saturated carbocycles. The van der Waals surface area contributed by atoms with Crippen molar-refractivity contribution in [2.75, 3.05) is 50.7 Å². The Hall–Kier alpha value is -1.81. The Labute approximate surface area is 189 Å². The normalized spacial score (nSPS) is 24.2. The van der Waals surface area contributed by atoms with Crippen LogP contribution in [-0.4, -0.2) is 61.5 Å². The maximum absolute atomic E-state index is 13.2. The zero-order valence-electron chi connectivity index (χ0n) is 19.9. The van der Waals surface area contributed by atoms with E-state index in [0.29, 0.717) is 17.2 Å². The van der Waals surface area contributed by atoms with Crippen molar-refractivity contribution in [3.05, 3.63) is 42.0 Å². The molecule has 0 unspecified atom stereocenters. The number of para-hydroxylation sites is 1. The predicted molar refractivity (Wildman–Crippen MR) is 129 cm³/mol. The number of likely N-dealkylation sites (tertiary alicyclic amines) is 1. The standard InChI is InChI=1S/C27H41N3O/c1-22(2)8-7-9-23(3)21-28-14-12-27(13-15-28)20-25(27)26(31)30-18-16-29(17-19-30)24-10-5-4-6-11-24/h4-6,8,10-11,23,25H,7,9,12-21H2,1-3H3/t23-,25+/m0/s1. The van der Waals surface area contributed by atoms with Crippen LogP contribution >= 0.6 is 0 Å². The molecule has 0 radical (unpaired) electrons. The summed E-state index contributed by atoms with van der Waals surface area (Å²) in [5, 5.41) is 0. The van der Waals surface area contributed by atoms with E-state index in [1.165, 1.54) is 56.6 Å². The molecule has 2 aliphatic heterocycles. The van der Waals surface area contributed by atoms with Gasteiger partial charge >= 0.3 is 0 Å². The SMILES string of the molecule is CC(C)=CCC[C@H](C)CN1CCC2(CC1)C[C@@H]2C(=O)N1CCN(c2ccccc2)CC1. The van der Waals surface area contributed by atoms with Crippen molar-refractivity contribution in [3.8, 4) is 0 Å². The molecular formula is C27H41N3O. The Morgan fingerprint density at radius 3 is 2.39 bits per heavy atom. The molecule has 4 heteroatoms. The number of rotatable bonds is 7. The van der Waals surface area contributed by atoms with E-state index < -0.39 is 0 Å². The average Bonchev–Trinajstić information content (AvgIpc) is 3.49. The number of carbonyl (C=O) groups excluding carboxylic acids is 1. The zero-order chi connectivity index (χ0) is 21.8. The van der Waals surface area contributed by atoms with E-state index >= 15 is 0 Å². The number of piperidine rings is 1. The first kappa shape index (κ1) is 22.4. The Morgan fingerprint density at radius 2 is 1.74 bits per heavy atom. The first-order valence-electron chi connectivity index (χ1n) is 12.4. The van der Waals surface area contributed by atoms with Gasteiger partial charge in [-0.1, -0.05) is 36.8 Å². The van der Waals surface area contributed by atoms with E-state index in [-0.39, 0.29) is 0 Å². The zero-order valence-corrected chi connectivity index (χ0v) is 19.9. The third kappa shape index (κ3) is 5.52. The summed E-state index contributed by atoms with van der Waals surface area (Å²) in [5.74, 6) is 1.49. The summed E-state index contributed by atoms with van der Waals surface area (Å²) in [7, 11) is 0. The molecule has 3 fully saturated rings. The van der Waals surface area contributed by atoms with Gasteiger partial charge in [0.15, 0.2) is 0 Å². The number of hydrogen-bond donors (Lipinski definition) is 0. The van der Waals surface area contributed by atoms with Crippen LogP contribution in [-0.2, 0) is 4.79 Å². The van der Waals surface area contributed by atoms with Gasteiger partial charge in [-0.05, 0) is 82.5 Å². The fraction of sp³-hybridized carbons (Fsp3) is 0.667. The number of allylic oxidation sites excluding steroid dienone is 2. The minimum absolute atomic E-state index is 0.299. The van der Waals surface area contributed by atoms with E-state index in [2.05, 4.69) is 71.9 Å². The number of nitrogens with zero attached hydrogens (tertiary/aromatic N) is 3. The van der Waals surface area contributed by atoms with Crippen molar-refractivity contribution in [2.24, 2.45) is 17.3 Å². The van der Waals surface area contributed by atoms with Gasteiger partial charge in [-0.25, -0.2) is 0 Å². The largest absolute Gasteiger partial charge is 0.368 e. The molecule has 1 spiro atoms. The number of carbonyl (C=O) groups is 1. The number of anilines is 1. The molecule has 1 amide bonds. The summed E-state index contributed by atoms with van der Waals surface area (Å²) in [6.45, 7) is 14.0. The van der Waals surface area contributed by atoms with Crippen molar-refractivity contribution in [2.45, 2.75) is 52.9 Å². The Morgan fingerprint density at radius 1 is 1.06 bits per heavy atom. The molecular weight excluding hydrogens is 382 g/mol. The van der Waals surface area contributed by atoms with Crippen LogP contribution < -0.4 is 4.90 Å². The lowest BCUT2D eigenvalue weighted by Gasteiger charge is -2.37. The van der Waals surface area contributed by atoms with Gasteiger partial charge in [0.2, 0.25) is 5.91 Å². The van der Waals surface area contributed by atoms with Gasteiger partial charge in [-0.3, -0.25) is 4.79 Å². The number of piperazine rings is 1. The maximum Gasteiger partial charge on any atom is 0.226 e. The quantitative estimate of drug-likeness (QED) is 0.588. The highest BCUT2D eigenvalue weighted by Crippen LogP contribution is 2.60. The Bertz CT molecular complexity index is 754. The topological polar surface area (TPSA) is 26.8 Å². The van der Waals surface area contributed by atoms with Crippen LogP contribution in [0.4, 0.5) is 5.69 Å². The molecule has 0 bridgehead atoms. The summed E-state index contributed by atoms with van der Waals surface area (Å²) in [6, 6.07) is 10.6. The highest BCUT2D eigenvalue weighted by molar-refractivity contribution is 5.83. The molecule has 0 N–H and O–H groups in total. The lowest BCUT2D eigenvalue weighted by Crippen LogP contribution is -2.50. The maximum atomic E-state index is 13.2. The van der Waals surface area contributed by atoms with Gasteiger partial charge in [0, 0.05) is 44.3 Å². The molecule has 2 heterocycles.